The SMILES string of the molecule is O=S(=O)(Nc1nccc(CO)c1F)C1CC1. The van der Waals surface area contributed by atoms with E-state index in [2.05, 4.69) is 9.71 Å². The third-order valence-electron chi connectivity index (χ3n) is 2.34. The van der Waals surface area contributed by atoms with Crippen LogP contribution in [-0.4, -0.2) is 23.8 Å². The summed E-state index contributed by atoms with van der Waals surface area (Å²) in [6, 6.07) is 1.30. The van der Waals surface area contributed by atoms with Gasteiger partial charge < -0.3 is 5.11 Å². The van der Waals surface area contributed by atoms with Crippen molar-refractivity contribution < 1.29 is 17.9 Å². The number of nitrogens with zero attached hydrogens (tertiary/aromatic N) is 1. The molecule has 1 aromatic heterocycles. The van der Waals surface area contributed by atoms with E-state index in [0.717, 1.165) is 0 Å². The fraction of sp³-hybridized carbons (Fsp3) is 0.444. The van der Waals surface area contributed by atoms with Crippen molar-refractivity contribution in [3.8, 4) is 0 Å². The van der Waals surface area contributed by atoms with Crippen LogP contribution in [0.3, 0.4) is 0 Å². The Morgan fingerprint density at radius 3 is 2.81 bits per heavy atom. The second kappa shape index (κ2) is 3.99. The number of anilines is 1. The highest BCUT2D eigenvalue weighted by Crippen LogP contribution is 2.30. The summed E-state index contributed by atoms with van der Waals surface area (Å²) in [5.41, 5.74) is 0.0171. The molecule has 0 radical (unpaired) electrons. The van der Waals surface area contributed by atoms with E-state index in [4.69, 9.17) is 5.11 Å². The number of aliphatic hydroxyl groups excluding tert-OH is 1. The summed E-state index contributed by atoms with van der Waals surface area (Å²) in [5.74, 6) is -1.17. The third kappa shape index (κ3) is 2.14. The summed E-state index contributed by atoms with van der Waals surface area (Å²) in [6.07, 6.45) is 2.44. The molecule has 0 spiro atoms. The van der Waals surface area contributed by atoms with Crippen molar-refractivity contribution in [1.29, 1.82) is 0 Å². The summed E-state index contributed by atoms with van der Waals surface area (Å²) in [7, 11) is -3.52. The molecular weight excluding hydrogens is 235 g/mol. The van der Waals surface area contributed by atoms with Crippen LogP contribution in [0.15, 0.2) is 12.3 Å². The van der Waals surface area contributed by atoms with Crippen molar-refractivity contribution in [3.63, 3.8) is 0 Å². The lowest BCUT2D eigenvalue weighted by Gasteiger charge is -2.08. The van der Waals surface area contributed by atoms with Gasteiger partial charge in [-0.25, -0.2) is 17.8 Å². The Morgan fingerprint density at radius 2 is 2.25 bits per heavy atom. The number of halogens is 1. The van der Waals surface area contributed by atoms with Gasteiger partial charge in [-0.05, 0) is 18.9 Å². The van der Waals surface area contributed by atoms with Crippen LogP contribution in [0.1, 0.15) is 18.4 Å². The zero-order chi connectivity index (χ0) is 11.8. The molecule has 0 atom stereocenters. The van der Waals surface area contributed by atoms with Crippen molar-refractivity contribution in [2.24, 2.45) is 0 Å². The molecule has 0 aliphatic heterocycles. The maximum Gasteiger partial charge on any atom is 0.236 e. The quantitative estimate of drug-likeness (QED) is 0.816. The Kier molecular flexibility index (Phi) is 2.81. The van der Waals surface area contributed by atoms with E-state index in [1.807, 2.05) is 0 Å². The van der Waals surface area contributed by atoms with E-state index in [1.54, 1.807) is 0 Å². The van der Waals surface area contributed by atoms with Crippen molar-refractivity contribution in [2.75, 3.05) is 4.72 Å². The maximum absolute atomic E-state index is 13.5. The van der Waals surface area contributed by atoms with Crippen LogP contribution in [-0.2, 0) is 16.6 Å². The first-order valence-electron chi connectivity index (χ1n) is 4.80. The Balaban J connectivity index is 2.27. The summed E-state index contributed by atoms with van der Waals surface area (Å²) in [6.45, 7) is -0.494. The van der Waals surface area contributed by atoms with Gasteiger partial charge in [0.2, 0.25) is 10.0 Å². The second-order valence-corrected chi connectivity index (χ2v) is 5.60. The van der Waals surface area contributed by atoms with Gasteiger partial charge in [-0.1, -0.05) is 0 Å². The molecule has 16 heavy (non-hydrogen) atoms. The molecule has 0 amide bonds. The van der Waals surface area contributed by atoms with Crippen LogP contribution in [0.4, 0.5) is 10.2 Å². The van der Waals surface area contributed by atoms with E-state index >= 15 is 0 Å². The van der Waals surface area contributed by atoms with Gasteiger partial charge in [0.15, 0.2) is 11.6 Å². The minimum atomic E-state index is -3.52. The molecule has 1 aliphatic rings. The van der Waals surface area contributed by atoms with Gasteiger partial charge in [-0.3, -0.25) is 4.72 Å². The van der Waals surface area contributed by atoms with E-state index in [9.17, 15) is 12.8 Å². The smallest absolute Gasteiger partial charge is 0.236 e. The summed E-state index contributed by atoms with van der Waals surface area (Å²) in [5, 5.41) is 8.38. The number of aliphatic hydroxyl groups is 1. The first-order valence-corrected chi connectivity index (χ1v) is 6.35. The lowest BCUT2D eigenvalue weighted by atomic mass is 10.2. The van der Waals surface area contributed by atoms with Crippen LogP contribution in [0.25, 0.3) is 0 Å². The van der Waals surface area contributed by atoms with Gasteiger partial charge in [0.1, 0.15) is 0 Å². The van der Waals surface area contributed by atoms with Crippen LogP contribution in [0, 0.1) is 5.82 Å². The Labute approximate surface area is 92.4 Å². The molecule has 1 aromatic rings. The normalized spacial score (nSPS) is 16.1. The first-order chi connectivity index (χ1) is 7.54. The number of hydrogen-bond acceptors (Lipinski definition) is 4. The second-order valence-electron chi connectivity index (χ2n) is 3.64. The van der Waals surface area contributed by atoms with Gasteiger partial charge in [-0.2, -0.15) is 0 Å². The van der Waals surface area contributed by atoms with Crippen molar-refractivity contribution in [2.45, 2.75) is 24.7 Å². The fourth-order valence-electron chi connectivity index (χ4n) is 1.27. The van der Waals surface area contributed by atoms with Gasteiger partial charge in [0.05, 0.1) is 11.9 Å². The molecule has 1 fully saturated rings. The van der Waals surface area contributed by atoms with Crippen molar-refractivity contribution in [3.05, 3.63) is 23.6 Å². The number of aromatic nitrogens is 1. The Hall–Kier alpha value is -1.21. The van der Waals surface area contributed by atoms with E-state index < -0.39 is 27.7 Å². The molecule has 7 heteroatoms. The van der Waals surface area contributed by atoms with Crippen LogP contribution in [0.5, 0.6) is 0 Å². The minimum absolute atomic E-state index is 0.0171. The lowest BCUT2D eigenvalue weighted by Crippen LogP contribution is -2.19. The molecule has 0 aromatic carbocycles. The summed E-state index contributed by atoms with van der Waals surface area (Å²) >= 11 is 0. The molecule has 1 aliphatic carbocycles. The predicted octanol–water partition coefficient (Wildman–Crippen LogP) is 0.617. The Bertz CT molecular complexity index is 499. The molecule has 1 heterocycles. The molecular formula is C9H11FN2O3S. The molecule has 5 nitrogen and oxygen atoms in total. The summed E-state index contributed by atoms with van der Waals surface area (Å²) in [4.78, 5) is 3.61. The number of rotatable bonds is 4. The number of pyridine rings is 1. The van der Waals surface area contributed by atoms with Gasteiger partial charge in [-0.15, -0.1) is 0 Å². The van der Waals surface area contributed by atoms with Crippen molar-refractivity contribution >= 4 is 15.8 Å². The zero-order valence-electron chi connectivity index (χ0n) is 8.35. The zero-order valence-corrected chi connectivity index (χ0v) is 9.17. The molecule has 2 N–H and O–H groups in total. The van der Waals surface area contributed by atoms with Crippen LogP contribution in [0.2, 0.25) is 0 Å². The molecule has 0 saturated heterocycles. The highest BCUT2D eigenvalue weighted by molar-refractivity contribution is 7.93. The van der Waals surface area contributed by atoms with Gasteiger partial charge in [0, 0.05) is 11.8 Å². The fourth-order valence-corrected chi connectivity index (χ4v) is 2.61. The molecule has 88 valence electrons. The number of sulfonamides is 1. The van der Waals surface area contributed by atoms with Crippen molar-refractivity contribution in [1.82, 2.24) is 4.98 Å². The molecule has 1 saturated carbocycles. The highest BCUT2D eigenvalue weighted by Gasteiger charge is 2.36. The topological polar surface area (TPSA) is 79.3 Å². The molecule has 0 bridgehead atoms. The number of hydrogen-bond donors (Lipinski definition) is 2. The van der Waals surface area contributed by atoms with E-state index in [0.29, 0.717) is 12.8 Å². The molecule has 0 unspecified atom stereocenters. The molecule has 2 rings (SSSR count). The van der Waals surface area contributed by atoms with E-state index in [1.165, 1.54) is 12.3 Å². The lowest BCUT2D eigenvalue weighted by molar-refractivity contribution is 0.275. The first kappa shape index (κ1) is 11.3. The monoisotopic (exact) mass is 246 g/mol. The average Bonchev–Trinajstić information content (AvgIpc) is 3.04. The highest BCUT2D eigenvalue weighted by atomic mass is 32.2. The van der Waals surface area contributed by atoms with Crippen LogP contribution < -0.4 is 4.72 Å². The van der Waals surface area contributed by atoms with Crippen LogP contribution >= 0.6 is 0 Å². The van der Waals surface area contributed by atoms with Gasteiger partial charge in [0.25, 0.3) is 0 Å². The summed E-state index contributed by atoms with van der Waals surface area (Å²) < 4.78 is 38.7. The van der Waals surface area contributed by atoms with E-state index in [-0.39, 0.29) is 11.4 Å². The Morgan fingerprint density at radius 1 is 1.56 bits per heavy atom. The average molecular weight is 246 g/mol. The van der Waals surface area contributed by atoms with Gasteiger partial charge >= 0.3 is 0 Å². The number of nitrogens with one attached hydrogen (secondary N) is 1. The predicted molar refractivity (Wildman–Crippen MR) is 55.7 cm³/mol. The third-order valence-corrected chi connectivity index (χ3v) is 4.17. The standard InChI is InChI=1S/C9H11FN2O3S/c10-8-6(5-13)3-4-11-9(8)12-16(14,15)7-1-2-7/h3-4,7,13H,1-2,5H2,(H,11,12). The maximum atomic E-state index is 13.5. The minimum Gasteiger partial charge on any atom is -0.392 e. The largest absolute Gasteiger partial charge is 0.392 e.